The molecule has 1 aliphatic heterocycles. The summed E-state index contributed by atoms with van der Waals surface area (Å²) in [6, 6.07) is -0.169. The Labute approximate surface area is 118 Å². The Balaban J connectivity index is 2.44. The topological polar surface area (TPSA) is 81.2 Å². The minimum Gasteiger partial charge on any atom is -0.481 e. The number of carbonyl (C=O) groups is 3. The average molecular weight is 283 g/mol. The molecule has 112 valence electrons. The lowest BCUT2D eigenvalue weighted by Gasteiger charge is -2.22. The SMILES string of the molecule is C=CC(=O)N(C)CCN1CCN(CC(C)C(=O)O)C1=O. The van der Waals surface area contributed by atoms with E-state index < -0.39 is 11.9 Å². The second-order valence-electron chi connectivity index (χ2n) is 4.92. The zero-order chi connectivity index (χ0) is 15.3. The van der Waals surface area contributed by atoms with Gasteiger partial charge in [0, 0.05) is 39.8 Å². The molecule has 1 heterocycles. The fourth-order valence-corrected chi connectivity index (χ4v) is 1.95. The fraction of sp³-hybridized carbons (Fsp3) is 0.615. The standard InChI is InChI=1S/C13H21N3O4/c1-4-11(17)14(3)5-6-15-7-8-16(13(15)20)9-10(2)12(18)19/h4,10H,1,5-9H2,2-3H3,(H,18,19). The van der Waals surface area contributed by atoms with Gasteiger partial charge in [-0.15, -0.1) is 0 Å². The van der Waals surface area contributed by atoms with Crippen LogP contribution in [0.25, 0.3) is 0 Å². The maximum Gasteiger partial charge on any atom is 0.320 e. The summed E-state index contributed by atoms with van der Waals surface area (Å²) >= 11 is 0. The van der Waals surface area contributed by atoms with Crippen LogP contribution in [0.4, 0.5) is 4.79 Å². The number of likely N-dealkylation sites (N-methyl/N-ethyl adjacent to an activating group) is 1. The van der Waals surface area contributed by atoms with Gasteiger partial charge in [0.1, 0.15) is 0 Å². The predicted octanol–water partition coefficient (Wildman–Crippen LogP) is 0.0891. The van der Waals surface area contributed by atoms with Crippen LogP contribution in [0.3, 0.4) is 0 Å². The van der Waals surface area contributed by atoms with Crippen molar-refractivity contribution in [1.29, 1.82) is 0 Å². The first kappa shape index (κ1) is 16.0. The third-order valence-electron chi connectivity index (χ3n) is 3.35. The van der Waals surface area contributed by atoms with E-state index in [-0.39, 0.29) is 18.5 Å². The van der Waals surface area contributed by atoms with E-state index in [9.17, 15) is 14.4 Å². The van der Waals surface area contributed by atoms with E-state index in [1.165, 1.54) is 15.9 Å². The molecule has 20 heavy (non-hydrogen) atoms. The average Bonchev–Trinajstić information content (AvgIpc) is 2.76. The largest absolute Gasteiger partial charge is 0.481 e. The summed E-state index contributed by atoms with van der Waals surface area (Å²) in [5, 5.41) is 8.85. The number of hydrogen-bond acceptors (Lipinski definition) is 3. The van der Waals surface area contributed by atoms with Crippen molar-refractivity contribution in [2.75, 3.05) is 39.8 Å². The highest BCUT2D eigenvalue weighted by Crippen LogP contribution is 2.11. The van der Waals surface area contributed by atoms with Gasteiger partial charge in [-0.25, -0.2) is 4.79 Å². The van der Waals surface area contributed by atoms with E-state index in [0.29, 0.717) is 26.2 Å². The third kappa shape index (κ3) is 3.97. The van der Waals surface area contributed by atoms with Gasteiger partial charge < -0.3 is 19.8 Å². The van der Waals surface area contributed by atoms with E-state index in [1.54, 1.807) is 18.9 Å². The van der Waals surface area contributed by atoms with E-state index in [0.717, 1.165) is 0 Å². The van der Waals surface area contributed by atoms with Gasteiger partial charge in [-0.1, -0.05) is 13.5 Å². The number of carboxylic acid groups (broad SMARTS) is 1. The monoisotopic (exact) mass is 283 g/mol. The quantitative estimate of drug-likeness (QED) is 0.671. The zero-order valence-corrected chi connectivity index (χ0v) is 11.9. The summed E-state index contributed by atoms with van der Waals surface area (Å²) in [5.74, 6) is -1.68. The van der Waals surface area contributed by atoms with Gasteiger partial charge in [0.05, 0.1) is 5.92 Å². The summed E-state index contributed by atoms with van der Waals surface area (Å²) in [6.45, 7) is 7.14. The maximum absolute atomic E-state index is 12.1. The van der Waals surface area contributed by atoms with Crippen LogP contribution in [0.5, 0.6) is 0 Å². The van der Waals surface area contributed by atoms with Gasteiger partial charge in [0.25, 0.3) is 0 Å². The molecule has 1 fully saturated rings. The van der Waals surface area contributed by atoms with Crippen LogP contribution >= 0.6 is 0 Å². The molecular formula is C13H21N3O4. The lowest BCUT2D eigenvalue weighted by Crippen LogP contribution is -2.40. The van der Waals surface area contributed by atoms with E-state index in [4.69, 9.17) is 5.11 Å². The first-order chi connectivity index (χ1) is 9.36. The Kier molecular flexibility index (Phi) is 5.54. The Morgan fingerprint density at radius 3 is 2.60 bits per heavy atom. The molecule has 0 aromatic rings. The molecule has 1 aliphatic rings. The van der Waals surface area contributed by atoms with Crippen LogP contribution < -0.4 is 0 Å². The number of amides is 3. The molecule has 7 heteroatoms. The Bertz CT molecular complexity index is 410. The van der Waals surface area contributed by atoms with Crippen molar-refractivity contribution in [2.24, 2.45) is 5.92 Å². The summed E-state index contributed by atoms with van der Waals surface area (Å²) in [4.78, 5) is 38.8. The molecule has 1 unspecified atom stereocenters. The highest BCUT2D eigenvalue weighted by atomic mass is 16.4. The molecule has 1 rings (SSSR count). The van der Waals surface area contributed by atoms with Gasteiger partial charge in [-0.3, -0.25) is 9.59 Å². The minimum absolute atomic E-state index is 0.169. The molecule has 1 saturated heterocycles. The Morgan fingerprint density at radius 2 is 2.05 bits per heavy atom. The predicted molar refractivity (Wildman–Crippen MR) is 73.2 cm³/mol. The Morgan fingerprint density at radius 1 is 1.45 bits per heavy atom. The molecule has 0 spiro atoms. The number of urea groups is 1. The number of rotatable bonds is 7. The van der Waals surface area contributed by atoms with E-state index in [1.807, 2.05) is 0 Å². The minimum atomic E-state index is -0.910. The molecule has 0 aromatic carbocycles. The van der Waals surface area contributed by atoms with Gasteiger partial charge in [-0.2, -0.15) is 0 Å². The number of carbonyl (C=O) groups excluding carboxylic acids is 2. The Hall–Kier alpha value is -2.05. The van der Waals surface area contributed by atoms with E-state index in [2.05, 4.69) is 6.58 Å². The number of nitrogens with zero attached hydrogens (tertiary/aromatic N) is 3. The lowest BCUT2D eigenvalue weighted by molar-refractivity contribution is -0.141. The van der Waals surface area contributed by atoms with Crippen molar-refractivity contribution in [3.63, 3.8) is 0 Å². The van der Waals surface area contributed by atoms with E-state index >= 15 is 0 Å². The van der Waals surface area contributed by atoms with Crippen molar-refractivity contribution in [2.45, 2.75) is 6.92 Å². The highest BCUT2D eigenvalue weighted by molar-refractivity contribution is 5.86. The van der Waals surface area contributed by atoms with Crippen molar-refractivity contribution in [3.8, 4) is 0 Å². The second-order valence-corrected chi connectivity index (χ2v) is 4.92. The number of aliphatic carboxylic acids is 1. The second kappa shape index (κ2) is 6.93. The summed E-state index contributed by atoms with van der Waals surface area (Å²) in [7, 11) is 1.65. The molecule has 0 aromatic heterocycles. The summed E-state index contributed by atoms with van der Waals surface area (Å²) in [6.07, 6.45) is 1.23. The maximum atomic E-state index is 12.1. The van der Waals surface area contributed by atoms with Crippen molar-refractivity contribution in [3.05, 3.63) is 12.7 Å². The first-order valence-corrected chi connectivity index (χ1v) is 6.51. The van der Waals surface area contributed by atoms with Crippen LogP contribution in [0, 0.1) is 5.92 Å². The molecule has 0 radical (unpaired) electrons. The molecule has 0 bridgehead atoms. The molecule has 3 amide bonds. The smallest absolute Gasteiger partial charge is 0.320 e. The van der Waals surface area contributed by atoms with Crippen LogP contribution in [0.2, 0.25) is 0 Å². The zero-order valence-electron chi connectivity index (χ0n) is 11.9. The molecule has 7 nitrogen and oxygen atoms in total. The fourth-order valence-electron chi connectivity index (χ4n) is 1.95. The molecule has 0 saturated carbocycles. The molecule has 0 aliphatic carbocycles. The summed E-state index contributed by atoms with van der Waals surface area (Å²) < 4.78 is 0. The van der Waals surface area contributed by atoms with Crippen LogP contribution in [0.1, 0.15) is 6.92 Å². The van der Waals surface area contributed by atoms with Crippen LogP contribution in [-0.2, 0) is 9.59 Å². The number of hydrogen-bond donors (Lipinski definition) is 1. The highest BCUT2D eigenvalue weighted by Gasteiger charge is 2.30. The van der Waals surface area contributed by atoms with Crippen molar-refractivity contribution in [1.82, 2.24) is 14.7 Å². The molecule has 1 atom stereocenters. The number of carboxylic acids is 1. The van der Waals surface area contributed by atoms with Gasteiger partial charge in [-0.05, 0) is 6.08 Å². The summed E-state index contributed by atoms with van der Waals surface area (Å²) in [5.41, 5.74) is 0. The van der Waals surface area contributed by atoms with Crippen molar-refractivity contribution < 1.29 is 19.5 Å². The molecule has 1 N–H and O–H groups in total. The first-order valence-electron chi connectivity index (χ1n) is 6.51. The lowest BCUT2D eigenvalue weighted by atomic mass is 10.2. The van der Waals surface area contributed by atoms with Gasteiger partial charge in [0.2, 0.25) is 5.91 Å². The van der Waals surface area contributed by atoms with Gasteiger partial charge >= 0.3 is 12.0 Å². The van der Waals surface area contributed by atoms with Crippen LogP contribution in [0.15, 0.2) is 12.7 Å². The third-order valence-corrected chi connectivity index (χ3v) is 3.35. The normalized spacial score (nSPS) is 16.2. The van der Waals surface area contributed by atoms with Crippen molar-refractivity contribution >= 4 is 17.9 Å². The molecular weight excluding hydrogens is 262 g/mol. The van der Waals surface area contributed by atoms with Crippen LogP contribution in [-0.4, -0.2) is 77.5 Å². The van der Waals surface area contributed by atoms with Gasteiger partial charge in [0.15, 0.2) is 0 Å².